The Morgan fingerprint density at radius 3 is 2.84 bits per heavy atom. The van der Waals surface area contributed by atoms with Crippen LogP contribution in [0.2, 0.25) is 0 Å². The third-order valence-corrected chi connectivity index (χ3v) is 3.45. The van der Waals surface area contributed by atoms with Gasteiger partial charge in [-0.25, -0.2) is 4.39 Å². The Labute approximate surface area is 112 Å². The van der Waals surface area contributed by atoms with Gasteiger partial charge in [-0.15, -0.1) is 0 Å². The van der Waals surface area contributed by atoms with Crippen molar-refractivity contribution >= 4 is 11.6 Å². The Morgan fingerprint density at radius 2 is 2.16 bits per heavy atom. The lowest BCUT2D eigenvalue weighted by Crippen LogP contribution is -2.30. The Bertz CT molecular complexity index is 488. The van der Waals surface area contributed by atoms with Crippen molar-refractivity contribution in [1.29, 1.82) is 0 Å². The first kappa shape index (κ1) is 13.8. The summed E-state index contributed by atoms with van der Waals surface area (Å²) in [6, 6.07) is 3.09. The third-order valence-electron chi connectivity index (χ3n) is 3.45. The minimum atomic E-state index is -0.239. The van der Waals surface area contributed by atoms with E-state index in [2.05, 4.69) is 10.2 Å². The average molecular weight is 265 g/mol. The first-order chi connectivity index (χ1) is 8.99. The van der Waals surface area contributed by atoms with Gasteiger partial charge < -0.3 is 16.0 Å². The number of halogens is 1. The Morgan fingerprint density at radius 1 is 1.42 bits per heavy atom. The van der Waals surface area contributed by atoms with Gasteiger partial charge in [0.25, 0.3) is 0 Å². The summed E-state index contributed by atoms with van der Waals surface area (Å²) in [5.41, 5.74) is 8.26. The number of aryl methyl sites for hydroxylation is 1. The van der Waals surface area contributed by atoms with Crippen molar-refractivity contribution in [3.05, 3.63) is 29.1 Å². The molecule has 1 aromatic rings. The highest BCUT2D eigenvalue weighted by Gasteiger charge is 2.19. The number of carbonyl (C=O) groups is 1. The van der Waals surface area contributed by atoms with Crippen LogP contribution in [-0.4, -0.2) is 25.5 Å². The van der Waals surface area contributed by atoms with Crippen LogP contribution in [0.4, 0.5) is 10.1 Å². The summed E-state index contributed by atoms with van der Waals surface area (Å²) in [7, 11) is 0. The van der Waals surface area contributed by atoms with E-state index in [0.29, 0.717) is 25.1 Å². The van der Waals surface area contributed by atoms with Gasteiger partial charge >= 0.3 is 0 Å². The van der Waals surface area contributed by atoms with E-state index in [1.807, 2.05) is 13.0 Å². The SMILES string of the molecule is Cc1cc(N2CCNC(=O)CC2)c(C(C)N)cc1F. The van der Waals surface area contributed by atoms with Crippen molar-refractivity contribution in [1.82, 2.24) is 5.32 Å². The molecular weight excluding hydrogens is 245 g/mol. The largest absolute Gasteiger partial charge is 0.369 e. The standard InChI is InChI=1S/C14H20FN3O/c1-9-7-13(11(10(2)16)8-12(9)15)18-5-3-14(19)17-4-6-18/h7-8,10H,3-6,16H2,1-2H3,(H,17,19). The van der Waals surface area contributed by atoms with Crippen LogP contribution in [0.15, 0.2) is 12.1 Å². The van der Waals surface area contributed by atoms with Gasteiger partial charge in [-0.05, 0) is 37.1 Å². The maximum absolute atomic E-state index is 13.7. The van der Waals surface area contributed by atoms with Crippen LogP contribution < -0.4 is 16.0 Å². The van der Waals surface area contributed by atoms with E-state index in [9.17, 15) is 9.18 Å². The molecular formula is C14H20FN3O. The summed E-state index contributed by atoms with van der Waals surface area (Å²) in [5, 5.41) is 2.83. The van der Waals surface area contributed by atoms with Gasteiger partial charge in [-0.2, -0.15) is 0 Å². The predicted molar refractivity (Wildman–Crippen MR) is 73.6 cm³/mol. The molecule has 1 amide bonds. The molecule has 1 aromatic carbocycles. The number of nitrogens with two attached hydrogens (primary N) is 1. The highest BCUT2D eigenvalue weighted by molar-refractivity contribution is 5.77. The maximum atomic E-state index is 13.7. The van der Waals surface area contributed by atoms with Gasteiger partial charge in [0.15, 0.2) is 0 Å². The second-order valence-corrected chi connectivity index (χ2v) is 5.04. The lowest BCUT2D eigenvalue weighted by molar-refractivity contribution is -0.120. The molecule has 0 saturated carbocycles. The first-order valence-electron chi connectivity index (χ1n) is 6.56. The van der Waals surface area contributed by atoms with Gasteiger partial charge in [0.1, 0.15) is 5.82 Å². The summed E-state index contributed by atoms with van der Waals surface area (Å²) in [6.45, 7) is 5.54. The molecule has 0 spiro atoms. The van der Waals surface area contributed by atoms with Crippen molar-refractivity contribution in [3.63, 3.8) is 0 Å². The highest BCUT2D eigenvalue weighted by Crippen LogP contribution is 2.28. The molecule has 1 saturated heterocycles. The van der Waals surface area contributed by atoms with E-state index < -0.39 is 0 Å². The summed E-state index contributed by atoms with van der Waals surface area (Å²) in [6.07, 6.45) is 0.453. The second-order valence-electron chi connectivity index (χ2n) is 5.04. The summed E-state index contributed by atoms with van der Waals surface area (Å²) in [5.74, 6) is -0.177. The number of benzene rings is 1. The maximum Gasteiger partial charge on any atom is 0.221 e. The van der Waals surface area contributed by atoms with E-state index in [1.54, 1.807) is 6.92 Å². The summed E-state index contributed by atoms with van der Waals surface area (Å²) in [4.78, 5) is 13.5. The van der Waals surface area contributed by atoms with Gasteiger partial charge in [0, 0.05) is 37.8 Å². The van der Waals surface area contributed by atoms with Crippen LogP contribution in [0.5, 0.6) is 0 Å². The molecule has 1 aliphatic rings. The number of anilines is 1. The monoisotopic (exact) mass is 265 g/mol. The summed E-state index contributed by atoms with van der Waals surface area (Å²) < 4.78 is 13.7. The molecule has 1 aliphatic heterocycles. The fourth-order valence-corrected chi connectivity index (χ4v) is 2.33. The average Bonchev–Trinajstić information content (AvgIpc) is 2.57. The van der Waals surface area contributed by atoms with Crippen LogP contribution in [0, 0.1) is 12.7 Å². The number of carbonyl (C=O) groups excluding carboxylic acids is 1. The zero-order valence-electron chi connectivity index (χ0n) is 11.4. The number of hydrogen-bond donors (Lipinski definition) is 2. The smallest absolute Gasteiger partial charge is 0.221 e. The fourth-order valence-electron chi connectivity index (χ4n) is 2.33. The van der Waals surface area contributed by atoms with Gasteiger partial charge in [0.05, 0.1) is 0 Å². The molecule has 104 valence electrons. The van der Waals surface area contributed by atoms with E-state index in [0.717, 1.165) is 17.8 Å². The van der Waals surface area contributed by atoms with Crippen molar-refractivity contribution < 1.29 is 9.18 Å². The van der Waals surface area contributed by atoms with Crippen LogP contribution >= 0.6 is 0 Å². The van der Waals surface area contributed by atoms with Crippen molar-refractivity contribution in [2.75, 3.05) is 24.5 Å². The number of nitrogens with one attached hydrogen (secondary N) is 1. The van der Waals surface area contributed by atoms with Crippen molar-refractivity contribution in [2.45, 2.75) is 26.3 Å². The van der Waals surface area contributed by atoms with Crippen LogP contribution in [-0.2, 0) is 4.79 Å². The first-order valence-corrected chi connectivity index (χ1v) is 6.56. The minimum absolute atomic E-state index is 0.0590. The molecule has 1 heterocycles. The van der Waals surface area contributed by atoms with E-state index in [-0.39, 0.29) is 17.8 Å². The van der Waals surface area contributed by atoms with Gasteiger partial charge in [0.2, 0.25) is 5.91 Å². The molecule has 2 rings (SSSR count). The molecule has 19 heavy (non-hydrogen) atoms. The van der Waals surface area contributed by atoms with E-state index in [4.69, 9.17) is 5.73 Å². The van der Waals surface area contributed by atoms with E-state index in [1.165, 1.54) is 6.07 Å². The minimum Gasteiger partial charge on any atom is -0.369 e. The number of rotatable bonds is 2. The molecule has 0 aromatic heterocycles. The van der Waals surface area contributed by atoms with Crippen LogP contribution in [0.1, 0.15) is 30.5 Å². The normalized spacial score (nSPS) is 17.9. The number of amides is 1. The predicted octanol–water partition coefficient (Wildman–Crippen LogP) is 1.48. The molecule has 1 fully saturated rings. The second kappa shape index (κ2) is 5.57. The summed E-state index contributed by atoms with van der Waals surface area (Å²) >= 11 is 0. The van der Waals surface area contributed by atoms with E-state index >= 15 is 0 Å². The third kappa shape index (κ3) is 3.04. The van der Waals surface area contributed by atoms with Crippen LogP contribution in [0.25, 0.3) is 0 Å². The molecule has 3 N–H and O–H groups in total. The van der Waals surface area contributed by atoms with Gasteiger partial charge in [-0.3, -0.25) is 4.79 Å². The zero-order chi connectivity index (χ0) is 14.0. The molecule has 4 nitrogen and oxygen atoms in total. The number of hydrogen-bond acceptors (Lipinski definition) is 3. The lowest BCUT2D eigenvalue weighted by Gasteiger charge is -2.26. The number of nitrogens with zero attached hydrogens (tertiary/aromatic N) is 1. The quantitative estimate of drug-likeness (QED) is 0.851. The Kier molecular flexibility index (Phi) is 4.04. The van der Waals surface area contributed by atoms with Crippen molar-refractivity contribution in [3.8, 4) is 0 Å². The fraction of sp³-hybridized carbons (Fsp3) is 0.500. The Hall–Kier alpha value is -1.62. The van der Waals surface area contributed by atoms with Crippen molar-refractivity contribution in [2.24, 2.45) is 5.73 Å². The zero-order valence-corrected chi connectivity index (χ0v) is 11.4. The van der Waals surface area contributed by atoms with Crippen LogP contribution in [0.3, 0.4) is 0 Å². The molecule has 1 unspecified atom stereocenters. The Balaban J connectivity index is 2.36. The molecule has 0 radical (unpaired) electrons. The lowest BCUT2D eigenvalue weighted by atomic mass is 10.0. The topological polar surface area (TPSA) is 58.4 Å². The van der Waals surface area contributed by atoms with Gasteiger partial charge in [-0.1, -0.05) is 0 Å². The molecule has 0 bridgehead atoms. The molecule has 0 aliphatic carbocycles. The highest BCUT2D eigenvalue weighted by atomic mass is 19.1. The molecule has 5 heteroatoms. The molecule has 1 atom stereocenters.